The molecule has 1 saturated carbocycles. The first kappa shape index (κ1) is 33.9. The molecule has 51 heavy (non-hydrogen) atoms. The highest BCUT2D eigenvalue weighted by atomic mass is 32.2. The number of aromatic nitrogens is 2. The van der Waals surface area contributed by atoms with Crippen LogP contribution < -0.4 is 14.4 Å². The summed E-state index contributed by atoms with van der Waals surface area (Å²) in [4.78, 5) is 63.5. The summed E-state index contributed by atoms with van der Waals surface area (Å²) in [5, 5.41) is 10.4. The number of benzene rings is 2. The van der Waals surface area contributed by atoms with Gasteiger partial charge in [-0.05, 0) is 62.6 Å². The van der Waals surface area contributed by atoms with Crippen molar-refractivity contribution in [3.63, 3.8) is 0 Å². The standard InChI is InChI=1S/C36H36N6O8S/c1-21(2)41(35(46)47)13-15-50-31-28(39-51(48,49)16-14-42-32(43)24-7-4-5-8-25(24)33(42)44)18-23(19-38-31)22-9-10-27-26(17-22)30-29(20-37-27)40(3)34(45)36(30)11-6-12-36/h4-5,7-10,17-21,39H,6,11-16H2,1-3H3,(H,46,47). The topological polar surface area (TPSA) is 179 Å². The number of anilines is 2. The zero-order valence-corrected chi connectivity index (χ0v) is 29.1. The van der Waals surface area contributed by atoms with Gasteiger partial charge in [-0.3, -0.25) is 29.0 Å². The van der Waals surface area contributed by atoms with Gasteiger partial charge in [0.15, 0.2) is 0 Å². The quantitative estimate of drug-likeness (QED) is 0.210. The van der Waals surface area contributed by atoms with E-state index >= 15 is 0 Å². The number of ether oxygens (including phenoxy) is 1. The first-order chi connectivity index (χ1) is 24.3. The molecule has 2 aromatic heterocycles. The van der Waals surface area contributed by atoms with E-state index in [1.165, 1.54) is 23.2 Å². The summed E-state index contributed by atoms with van der Waals surface area (Å²) < 4.78 is 35.4. The molecule has 0 unspecified atom stereocenters. The van der Waals surface area contributed by atoms with Crippen LogP contribution in [0, 0.1) is 0 Å². The third kappa shape index (κ3) is 5.80. The molecule has 14 nitrogen and oxygen atoms in total. The molecule has 264 valence electrons. The number of sulfonamides is 1. The van der Waals surface area contributed by atoms with Crippen molar-refractivity contribution < 1.29 is 37.4 Å². The lowest BCUT2D eigenvalue weighted by molar-refractivity contribution is -0.125. The number of carbonyl (C=O) groups is 4. The second-order valence-electron chi connectivity index (χ2n) is 13.3. The van der Waals surface area contributed by atoms with Crippen LogP contribution in [0.1, 0.15) is 59.4 Å². The molecular formula is C36H36N6O8S. The van der Waals surface area contributed by atoms with Gasteiger partial charge in [0.1, 0.15) is 12.3 Å². The van der Waals surface area contributed by atoms with Crippen molar-refractivity contribution >= 4 is 56.1 Å². The molecule has 1 aliphatic carbocycles. The summed E-state index contributed by atoms with van der Waals surface area (Å²) in [5.41, 5.74) is 3.51. The van der Waals surface area contributed by atoms with Crippen LogP contribution in [-0.2, 0) is 20.2 Å². The summed E-state index contributed by atoms with van der Waals surface area (Å²) in [5.74, 6) is -1.76. The molecule has 4 amide bonds. The number of imide groups is 1. The Balaban J connectivity index is 1.20. The van der Waals surface area contributed by atoms with E-state index in [0.717, 1.165) is 46.3 Å². The molecule has 0 atom stereocenters. The van der Waals surface area contributed by atoms with Crippen molar-refractivity contribution in [2.45, 2.75) is 44.6 Å². The Morgan fingerprint density at radius 2 is 1.73 bits per heavy atom. The highest BCUT2D eigenvalue weighted by Gasteiger charge is 2.54. The molecule has 3 aliphatic rings. The molecule has 0 bridgehead atoms. The summed E-state index contributed by atoms with van der Waals surface area (Å²) >= 11 is 0. The van der Waals surface area contributed by atoms with Crippen molar-refractivity contribution in [1.82, 2.24) is 19.8 Å². The van der Waals surface area contributed by atoms with Gasteiger partial charge in [0, 0.05) is 42.3 Å². The zero-order valence-electron chi connectivity index (χ0n) is 28.2. The fourth-order valence-corrected chi connectivity index (χ4v) is 8.14. The fourth-order valence-electron chi connectivity index (χ4n) is 7.14. The number of carboxylic acid groups (broad SMARTS) is 1. The first-order valence-electron chi connectivity index (χ1n) is 16.6. The maximum atomic E-state index is 13.5. The van der Waals surface area contributed by atoms with Crippen LogP contribution in [0.15, 0.2) is 60.9 Å². The number of hydrogen-bond acceptors (Lipinski definition) is 9. The van der Waals surface area contributed by atoms with E-state index in [9.17, 15) is 32.7 Å². The van der Waals surface area contributed by atoms with Crippen molar-refractivity contribution in [1.29, 1.82) is 0 Å². The fraction of sp³-hybridized carbons (Fsp3) is 0.333. The summed E-state index contributed by atoms with van der Waals surface area (Å²) in [6, 6.07) is 13.2. The van der Waals surface area contributed by atoms with E-state index in [0.29, 0.717) is 11.1 Å². The average Bonchev–Trinajstić information content (AvgIpc) is 3.47. The highest BCUT2D eigenvalue weighted by molar-refractivity contribution is 7.92. The smallest absolute Gasteiger partial charge is 0.407 e. The molecule has 0 saturated heterocycles. The van der Waals surface area contributed by atoms with E-state index in [1.807, 2.05) is 18.2 Å². The Labute approximate surface area is 294 Å². The van der Waals surface area contributed by atoms with Gasteiger partial charge in [-0.15, -0.1) is 0 Å². The minimum atomic E-state index is -4.19. The van der Waals surface area contributed by atoms with Crippen molar-refractivity contribution in [3.05, 3.63) is 77.6 Å². The van der Waals surface area contributed by atoms with Crippen LogP contribution in [0.4, 0.5) is 16.2 Å². The number of pyridine rings is 2. The molecule has 4 heterocycles. The molecular weight excluding hydrogens is 676 g/mol. The largest absolute Gasteiger partial charge is 0.474 e. The van der Waals surface area contributed by atoms with Gasteiger partial charge in [0.2, 0.25) is 21.8 Å². The normalized spacial score (nSPS) is 16.1. The lowest BCUT2D eigenvalue weighted by atomic mass is 9.64. The van der Waals surface area contributed by atoms with Crippen LogP contribution in [0.3, 0.4) is 0 Å². The number of rotatable bonds is 11. The van der Waals surface area contributed by atoms with Crippen molar-refractivity contribution in [2.24, 2.45) is 0 Å². The number of fused-ring (bicyclic) bond motifs is 5. The summed E-state index contributed by atoms with van der Waals surface area (Å²) in [7, 11) is -2.42. The molecule has 2 aliphatic heterocycles. The van der Waals surface area contributed by atoms with Gasteiger partial charge >= 0.3 is 6.09 Å². The van der Waals surface area contributed by atoms with E-state index in [4.69, 9.17) is 4.74 Å². The predicted octanol–water partition coefficient (Wildman–Crippen LogP) is 4.50. The Morgan fingerprint density at radius 3 is 2.35 bits per heavy atom. The molecule has 1 spiro atoms. The zero-order chi connectivity index (χ0) is 36.2. The van der Waals surface area contributed by atoms with Gasteiger partial charge < -0.3 is 19.6 Å². The molecule has 2 N–H and O–H groups in total. The van der Waals surface area contributed by atoms with Crippen LogP contribution in [0.2, 0.25) is 0 Å². The number of hydrogen-bond donors (Lipinski definition) is 2. The van der Waals surface area contributed by atoms with Gasteiger partial charge in [-0.25, -0.2) is 18.2 Å². The molecule has 2 aromatic carbocycles. The SMILES string of the molecule is CC(C)N(CCOc1ncc(-c2ccc3ncc4c(c3c2)C2(CCC2)C(=O)N4C)cc1NS(=O)(=O)CCN1C(=O)c2ccccc2C1=O)C(=O)O. The summed E-state index contributed by atoms with van der Waals surface area (Å²) in [6.45, 7) is 2.96. The monoisotopic (exact) mass is 712 g/mol. The van der Waals surface area contributed by atoms with E-state index in [2.05, 4.69) is 14.7 Å². The molecule has 1 fully saturated rings. The predicted molar refractivity (Wildman–Crippen MR) is 188 cm³/mol. The Bertz CT molecular complexity index is 2200. The third-order valence-electron chi connectivity index (χ3n) is 9.96. The maximum absolute atomic E-state index is 13.5. The van der Waals surface area contributed by atoms with E-state index in [-0.39, 0.29) is 54.3 Å². The van der Waals surface area contributed by atoms with Gasteiger partial charge in [-0.1, -0.05) is 24.6 Å². The average molecular weight is 713 g/mol. The Kier molecular flexibility index (Phi) is 8.40. The molecule has 0 radical (unpaired) electrons. The van der Waals surface area contributed by atoms with Crippen LogP contribution in [0.5, 0.6) is 5.88 Å². The lowest BCUT2D eigenvalue weighted by Gasteiger charge is -2.37. The third-order valence-corrected chi connectivity index (χ3v) is 11.2. The first-order valence-corrected chi connectivity index (χ1v) is 18.3. The number of amides is 4. The van der Waals surface area contributed by atoms with Crippen LogP contribution in [-0.4, -0.2) is 95.6 Å². The minimum Gasteiger partial charge on any atom is -0.474 e. The molecule has 4 aromatic rings. The highest BCUT2D eigenvalue weighted by Crippen LogP contribution is 2.55. The Hall–Kier alpha value is -5.57. The second kappa shape index (κ2) is 12.6. The lowest BCUT2D eigenvalue weighted by Crippen LogP contribution is -2.43. The van der Waals surface area contributed by atoms with Crippen LogP contribution in [0.25, 0.3) is 22.0 Å². The number of nitrogens with zero attached hydrogens (tertiary/aromatic N) is 5. The minimum absolute atomic E-state index is 0.0000647. The number of nitrogens with one attached hydrogen (secondary N) is 1. The summed E-state index contributed by atoms with van der Waals surface area (Å²) in [6.07, 6.45) is 4.59. The number of likely N-dealkylation sites (N-methyl/N-ethyl adjacent to an activating group) is 1. The molecule has 7 rings (SSSR count). The second-order valence-corrected chi connectivity index (χ2v) is 15.1. The van der Waals surface area contributed by atoms with Crippen molar-refractivity contribution in [2.75, 3.05) is 42.1 Å². The van der Waals surface area contributed by atoms with Crippen molar-refractivity contribution in [3.8, 4) is 17.0 Å². The number of carbonyl (C=O) groups excluding carboxylic acids is 3. The van der Waals surface area contributed by atoms with Gasteiger partial charge in [0.25, 0.3) is 11.8 Å². The van der Waals surface area contributed by atoms with E-state index in [1.54, 1.807) is 50.2 Å². The van der Waals surface area contributed by atoms with Crippen LogP contribution >= 0.6 is 0 Å². The Morgan fingerprint density at radius 1 is 1.02 bits per heavy atom. The van der Waals surface area contributed by atoms with Gasteiger partial charge in [-0.2, -0.15) is 0 Å². The molecule has 15 heteroatoms. The maximum Gasteiger partial charge on any atom is 0.407 e. The van der Waals surface area contributed by atoms with E-state index < -0.39 is 39.1 Å². The van der Waals surface area contributed by atoms with Gasteiger partial charge in [0.05, 0.1) is 46.2 Å².